The lowest BCUT2D eigenvalue weighted by molar-refractivity contribution is -0.115. The van der Waals surface area contributed by atoms with E-state index in [0.29, 0.717) is 23.8 Å². The Morgan fingerprint density at radius 2 is 1.81 bits per heavy atom. The van der Waals surface area contributed by atoms with Crippen molar-refractivity contribution in [2.24, 2.45) is 0 Å². The van der Waals surface area contributed by atoms with Gasteiger partial charge in [-0.1, -0.05) is 18.0 Å². The van der Waals surface area contributed by atoms with Crippen LogP contribution in [0.4, 0.5) is 5.69 Å². The van der Waals surface area contributed by atoms with Gasteiger partial charge in [0.15, 0.2) is 0 Å². The van der Waals surface area contributed by atoms with E-state index in [9.17, 15) is 13.2 Å². The zero-order chi connectivity index (χ0) is 21.4. The van der Waals surface area contributed by atoms with Gasteiger partial charge in [-0.25, -0.2) is 8.42 Å². The number of carbonyl (C=O) groups excluding carboxylic acids is 1. The lowest BCUT2D eigenvalue weighted by Crippen LogP contribution is -2.38. The van der Waals surface area contributed by atoms with E-state index < -0.39 is 10.0 Å². The van der Waals surface area contributed by atoms with Crippen molar-refractivity contribution < 1.29 is 17.9 Å². The predicted molar refractivity (Wildman–Crippen MR) is 125 cm³/mol. The topological polar surface area (TPSA) is 91.0 Å². The third kappa shape index (κ3) is 7.85. The Balaban J connectivity index is 0.00000341. The molecule has 0 saturated carbocycles. The summed E-state index contributed by atoms with van der Waals surface area (Å²) in [5, 5.41) is 6.16. The third-order valence-electron chi connectivity index (χ3n) is 5.38. The van der Waals surface area contributed by atoms with Crippen LogP contribution in [0.25, 0.3) is 0 Å². The highest BCUT2D eigenvalue weighted by atomic mass is 35.5. The Morgan fingerprint density at radius 3 is 2.52 bits per heavy atom. The number of amides is 1. The molecule has 0 aliphatic carbocycles. The largest absolute Gasteiger partial charge is 0.379 e. The van der Waals surface area contributed by atoms with Gasteiger partial charge in [-0.05, 0) is 50.6 Å². The normalized spacial score (nSPS) is 18.4. The molecule has 0 spiro atoms. The minimum Gasteiger partial charge on any atom is -0.379 e. The number of nitrogens with one attached hydrogen (secondary N) is 2. The van der Waals surface area contributed by atoms with Gasteiger partial charge >= 0.3 is 0 Å². The highest BCUT2D eigenvalue weighted by molar-refractivity contribution is 7.89. The number of halogens is 2. The van der Waals surface area contributed by atoms with Gasteiger partial charge in [0.05, 0.1) is 35.4 Å². The highest BCUT2D eigenvalue weighted by Crippen LogP contribution is 2.28. The number of morpholine rings is 1. The van der Waals surface area contributed by atoms with E-state index in [2.05, 4.69) is 15.5 Å². The molecule has 0 bridgehead atoms. The smallest absolute Gasteiger partial charge is 0.243 e. The molecule has 2 fully saturated rings. The molecule has 1 aromatic rings. The van der Waals surface area contributed by atoms with Crippen LogP contribution in [0.2, 0.25) is 5.02 Å². The second kappa shape index (κ2) is 12.9. The molecule has 2 saturated heterocycles. The second-order valence-electron chi connectivity index (χ2n) is 7.64. The molecule has 31 heavy (non-hydrogen) atoms. The van der Waals surface area contributed by atoms with Crippen molar-refractivity contribution in [3.63, 3.8) is 0 Å². The molecule has 0 radical (unpaired) electrons. The minimum absolute atomic E-state index is 0. The van der Waals surface area contributed by atoms with E-state index in [4.69, 9.17) is 16.3 Å². The summed E-state index contributed by atoms with van der Waals surface area (Å²) >= 11 is 6.19. The molecule has 2 N–H and O–H groups in total. The molecule has 8 nitrogen and oxygen atoms in total. The maximum atomic E-state index is 12.9. The van der Waals surface area contributed by atoms with E-state index in [1.165, 1.54) is 22.5 Å². The molecule has 2 aliphatic rings. The highest BCUT2D eigenvalue weighted by Gasteiger charge is 2.26. The summed E-state index contributed by atoms with van der Waals surface area (Å²) in [6, 6.07) is 4.46. The van der Waals surface area contributed by atoms with Crippen LogP contribution in [-0.2, 0) is 19.6 Å². The minimum atomic E-state index is -3.58. The number of ether oxygens (including phenoxy) is 1. The summed E-state index contributed by atoms with van der Waals surface area (Å²) in [6.45, 7) is 6.37. The van der Waals surface area contributed by atoms with Crippen molar-refractivity contribution in [3.8, 4) is 0 Å². The predicted octanol–water partition coefficient (Wildman–Crippen LogP) is 2.19. The lowest BCUT2D eigenvalue weighted by atomic mass is 10.2. The van der Waals surface area contributed by atoms with Crippen LogP contribution in [0.15, 0.2) is 23.1 Å². The molecule has 0 atom stereocenters. The number of anilines is 1. The van der Waals surface area contributed by atoms with E-state index in [0.717, 1.165) is 65.1 Å². The summed E-state index contributed by atoms with van der Waals surface area (Å²) in [7, 11) is -3.58. The Hall–Kier alpha value is -0.940. The van der Waals surface area contributed by atoms with Crippen molar-refractivity contribution in [2.45, 2.75) is 30.6 Å². The quantitative estimate of drug-likeness (QED) is 0.511. The van der Waals surface area contributed by atoms with Crippen molar-refractivity contribution in [1.82, 2.24) is 14.5 Å². The van der Waals surface area contributed by atoms with Gasteiger partial charge in [0.1, 0.15) is 0 Å². The molecule has 2 heterocycles. The van der Waals surface area contributed by atoms with Gasteiger partial charge in [0.2, 0.25) is 15.9 Å². The van der Waals surface area contributed by atoms with Gasteiger partial charge in [0.25, 0.3) is 0 Å². The van der Waals surface area contributed by atoms with E-state index in [1.807, 2.05) is 0 Å². The fourth-order valence-electron chi connectivity index (χ4n) is 3.66. The van der Waals surface area contributed by atoms with Gasteiger partial charge in [-0.3, -0.25) is 9.69 Å². The fourth-order valence-corrected chi connectivity index (χ4v) is 5.37. The zero-order valence-corrected chi connectivity index (χ0v) is 20.0. The van der Waals surface area contributed by atoms with Crippen molar-refractivity contribution in [3.05, 3.63) is 23.2 Å². The van der Waals surface area contributed by atoms with Crippen LogP contribution in [0.3, 0.4) is 0 Å². The van der Waals surface area contributed by atoms with Crippen LogP contribution < -0.4 is 10.6 Å². The van der Waals surface area contributed by atoms with Crippen LogP contribution >= 0.6 is 24.0 Å². The number of sulfonamides is 1. The van der Waals surface area contributed by atoms with Crippen LogP contribution in [0, 0.1) is 0 Å². The Labute approximate surface area is 196 Å². The summed E-state index contributed by atoms with van der Waals surface area (Å²) in [5.74, 6) is -0.254. The van der Waals surface area contributed by atoms with Gasteiger partial charge < -0.3 is 15.4 Å². The van der Waals surface area contributed by atoms with Gasteiger partial charge in [-0.15, -0.1) is 12.4 Å². The molecular formula is C20H32Cl2N4O4S. The maximum Gasteiger partial charge on any atom is 0.243 e. The first-order valence-corrected chi connectivity index (χ1v) is 12.4. The molecule has 0 aromatic heterocycles. The number of carbonyl (C=O) groups is 1. The van der Waals surface area contributed by atoms with Crippen molar-refractivity contribution in [2.75, 3.05) is 64.3 Å². The van der Waals surface area contributed by atoms with Gasteiger partial charge in [-0.2, -0.15) is 4.31 Å². The van der Waals surface area contributed by atoms with E-state index in [1.54, 1.807) is 0 Å². The Kier molecular flexibility index (Phi) is 11.0. The Morgan fingerprint density at radius 1 is 1.10 bits per heavy atom. The number of piperidine rings is 1. The first-order chi connectivity index (χ1) is 14.5. The van der Waals surface area contributed by atoms with Crippen LogP contribution in [-0.4, -0.2) is 82.6 Å². The Bertz CT molecular complexity index is 813. The SMILES string of the molecule is Cl.O=C(CNCCCN1CCOCC1)Nc1cc(S(=O)(=O)N2CCCCC2)ccc1Cl. The zero-order valence-electron chi connectivity index (χ0n) is 17.6. The first-order valence-electron chi connectivity index (χ1n) is 10.6. The van der Waals surface area contributed by atoms with E-state index >= 15 is 0 Å². The molecule has 1 aromatic carbocycles. The summed E-state index contributed by atoms with van der Waals surface area (Å²) in [4.78, 5) is 14.8. The number of hydrogen-bond acceptors (Lipinski definition) is 6. The number of benzene rings is 1. The summed E-state index contributed by atoms with van der Waals surface area (Å²) in [6.07, 6.45) is 3.73. The monoisotopic (exact) mass is 494 g/mol. The molecule has 1 amide bonds. The molecule has 2 aliphatic heterocycles. The summed E-state index contributed by atoms with van der Waals surface area (Å²) < 4.78 is 32.5. The molecule has 176 valence electrons. The maximum absolute atomic E-state index is 12.9. The molecule has 0 unspecified atom stereocenters. The first kappa shape index (κ1) is 26.3. The molecular weight excluding hydrogens is 463 g/mol. The fraction of sp³-hybridized carbons (Fsp3) is 0.650. The molecule has 3 rings (SSSR count). The standard InChI is InChI=1S/C20H31ClN4O4S.ClH/c21-18-6-5-17(30(27,28)25-9-2-1-3-10-25)15-19(18)23-20(26)16-22-7-4-8-24-11-13-29-14-12-24;/h5-6,15,22H,1-4,7-14,16H2,(H,23,26);1H. The lowest BCUT2D eigenvalue weighted by Gasteiger charge is -2.26. The van der Waals surface area contributed by atoms with Crippen molar-refractivity contribution >= 4 is 45.6 Å². The van der Waals surface area contributed by atoms with Crippen LogP contribution in [0.5, 0.6) is 0 Å². The summed E-state index contributed by atoms with van der Waals surface area (Å²) in [5.41, 5.74) is 0.315. The second-order valence-corrected chi connectivity index (χ2v) is 9.98. The third-order valence-corrected chi connectivity index (χ3v) is 7.61. The molecule has 11 heteroatoms. The van der Waals surface area contributed by atoms with Gasteiger partial charge in [0, 0.05) is 26.2 Å². The average Bonchev–Trinajstić information content (AvgIpc) is 2.76. The number of nitrogens with zero attached hydrogens (tertiary/aromatic N) is 2. The number of hydrogen-bond donors (Lipinski definition) is 2. The van der Waals surface area contributed by atoms with Crippen LogP contribution in [0.1, 0.15) is 25.7 Å². The van der Waals surface area contributed by atoms with Crippen molar-refractivity contribution in [1.29, 1.82) is 0 Å². The van der Waals surface area contributed by atoms with E-state index in [-0.39, 0.29) is 29.8 Å². The average molecular weight is 495 g/mol. The number of rotatable bonds is 9.